The van der Waals surface area contributed by atoms with Gasteiger partial charge in [0.2, 0.25) is 5.95 Å². The monoisotopic (exact) mass is 406 g/mol. The Kier molecular flexibility index (Phi) is 5.45. The molecule has 0 atom stereocenters. The van der Waals surface area contributed by atoms with Crippen LogP contribution in [0.2, 0.25) is 0 Å². The molecule has 0 bridgehead atoms. The van der Waals surface area contributed by atoms with Crippen LogP contribution in [0.25, 0.3) is 5.65 Å². The van der Waals surface area contributed by atoms with Crippen LogP contribution in [-0.2, 0) is 0 Å². The second-order valence-electron chi connectivity index (χ2n) is 8.41. The minimum absolute atomic E-state index is 0.558. The van der Waals surface area contributed by atoms with E-state index < -0.39 is 0 Å². The van der Waals surface area contributed by atoms with Gasteiger partial charge in [0.25, 0.3) is 0 Å². The van der Waals surface area contributed by atoms with Gasteiger partial charge in [-0.05, 0) is 75.0 Å². The summed E-state index contributed by atoms with van der Waals surface area (Å²) in [4.78, 5) is 7.21. The molecule has 1 aliphatic carbocycles. The molecule has 0 radical (unpaired) electrons. The molecule has 3 N–H and O–H groups in total. The molecule has 2 aromatic heterocycles. The summed E-state index contributed by atoms with van der Waals surface area (Å²) in [6, 6.07) is 12.0. The van der Waals surface area contributed by atoms with Gasteiger partial charge >= 0.3 is 0 Å². The highest BCUT2D eigenvalue weighted by atomic mass is 16.5. The van der Waals surface area contributed by atoms with Crippen molar-refractivity contribution in [2.75, 3.05) is 37.3 Å². The first-order valence-corrected chi connectivity index (χ1v) is 11.1. The van der Waals surface area contributed by atoms with Gasteiger partial charge in [0.1, 0.15) is 18.2 Å². The summed E-state index contributed by atoms with van der Waals surface area (Å²) < 4.78 is 7.64. The molecular formula is C23H30N6O. The summed E-state index contributed by atoms with van der Waals surface area (Å²) in [6.45, 7) is 4.12. The molecule has 3 aromatic rings. The number of ether oxygens (including phenoxy) is 1. The van der Waals surface area contributed by atoms with E-state index >= 15 is 0 Å². The highest BCUT2D eigenvalue weighted by molar-refractivity contribution is 5.61. The van der Waals surface area contributed by atoms with Crippen molar-refractivity contribution in [1.29, 1.82) is 0 Å². The summed E-state index contributed by atoms with van der Waals surface area (Å²) in [7, 11) is 0. The lowest BCUT2D eigenvalue weighted by Crippen LogP contribution is -2.25. The summed E-state index contributed by atoms with van der Waals surface area (Å²) in [5.74, 6) is 2.61. The number of hydrogen-bond acceptors (Lipinski definition) is 6. The standard InChI is InChI=1S/C23H30N6O/c24-21-12-11-20(17-5-1-2-6-17)22-26-23(27-29(21)22)25-18-7-9-19(10-8-18)30-16-15-28-13-3-4-14-28/h7-12,17H,1-6,13-16,24H2,(H,25,27). The molecule has 2 aliphatic rings. The molecule has 0 spiro atoms. The van der Waals surface area contributed by atoms with Gasteiger partial charge in [0, 0.05) is 17.8 Å². The second-order valence-corrected chi connectivity index (χ2v) is 8.41. The molecule has 1 aliphatic heterocycles. The van der Waals surface area contributed by atoms with Crippen molar-refractivity contribution in [3.05, 3.63) is 42.0 Å². The van der Waals surface area contributed by atoms with E-state index in [0.29, 0.717) is 17.7 Å². The Morgan fingerprint density at radius 1 is 1.00 bits per heavy atom. The summed E-state index contributed by atoms with van der Waals surface area (Å²) in [6.07, 6.45) is 7.62. The lowest BCUT2D eigenvalue weighted by Gasteiger charge is -2.15. The van der Waals surface area contributed by atoms with Gasteiger partial charge < -0.3 is 15.8 Å². The van der Waals surface area contributed by atoms with Crippen LogP contribution < -0.4 is 15.8 Å². The van der Waals surface area contributed by atoms with E-state index in [4.69, 9.17) is 15.5 Å². The predicted octanol–water partition coefficient (Wildman–Crippen LogP) is 4.19. The summed E-state index contributed by atoms with van der Waals surface area (Å²) in [5, 5.41) is 7.89. The number of hydrogen-bond donors (Lipinski definition) is 2. The highest BCUT2D eigenvalue weighted by Crippen LogP contribution is 2.36. The molecule has 1 saturated carbocycles. The SMILES string of the molecule is Nc1ccc(C2CCCC2)c2nc(Nc3ccc(OCCN4CCCC4)cc3)nn12. The molecule has 0 amide bonds. The maximum absolute atomic E-state index is 6.15. The second kappa shape index (κ2) is 8.52. The van der Waals surface area contributed by atoms with E-state index in [1.165, 1.54) is 57.2 Å². The highest BCUT2D eigenvalue weighted by Gasteiger charge is 2.22. The molecule has 5 rings (SSSR count). The Bertz CT molecular complexity index is 987. The molecule has 2 fully saturated rings. The van der Waals surface area contributed by atoms with Crippen LogP contribution in [0.4, 0.5) is 17.5 Å². The Morgan fingerprint density at radius 2 is 1.77 bits per heavy atom. The van der Waals surface area contributed by atoms with Gasteiger partial charge in [-0.25, -0.2) is 0 Å². The van der Waals surface area contributed by atoms with Crippen LogP contribution in [0.5, 0.6) is 5.75 Å². The summed E-state index contributed by atoms with van der Waals surface area (Å²) >= 11 is 0. The average molecular weight is 407 g/mol. The number of fused-ring (bicyclic) bond motifs is 1. The first-order chi connectivity index (χ1) is 14.8. The molecule has 7 heteroatoms. The number of anilines is 3. The van der Waals surface area contributed by atoms with Gasteiger partial charge in [0.05, 0.1) is 0 Å². The number of nitrogen functional groups attached to an aromatic ring is 1. The van der Waals surface area contributed by atoms with Crippen molar-refractivity contribution in [3.63, 3.8) is 0 Å². The van der Waals surface area contributed by atoms with Crippen molar-refractivity contribution < 1.29 is 4.74 Å². The van der Waals surface area contributed by atoms with Gasteiger partial charge in [-0.2, -0.15) is 9.50 Å². The molecule has 1 saturated heterocycles. The number of nitrogens with zero attached hydrogens (tertiary/aromatic N) is 4. The van der Waals surface area contributed by atoms with E-state index in [0.717, 1.165) is 30.2 Å². The predicted molar refractivity (Wildman–Crippen MR) is 120 cm³/mol. The molecule has 1 aromatic carbocycles. The lowest BCUT2D eigenvalue weighted by atomic mass is 9.99. The number of likely N-dealkylation sites (tertiary alicyclic amines) is 1. The fraction of sp³-hybridized carbons (Fsp3) is 0.478. The quantitative estimate of drug-likeness (QED) is 0.612. The van der Waals surface area contributed by atoms with Crippen molar-refractivity contribution in [2.24, 2.45) is 0 Å². The molecule has 30 heavy (non-hydrogen) atoms. The summed E-state index contributed by atoms with van der Waals surface area (Å²) in [5.41, 5.74) is 9.20. The van der Waals surface area contributed by atoms with Crippen LogP contribution in [0.3, 0.4) is 0 Å². The Labute approximate surface area is 177 Å². The molecular weight excluding hydrogens is 376 g/mol. The van der Waals surface area contributed by atoms with Gasteiger partial charge in [-0.3, -0.25) is 4.90 Å². The number of nitrogens with two attached hydrogens (primary N) is 1. The first-order valence-electron chi connectivity index (χ1n) is 11.1. The zero-order valence-electron chi connectivity index (χ0n) is 17.4. The number of nitrogens with one attached hydrogen (secondary N) is 1. The van der Waals surface area contributed by atoms with E-state index in [2.05, 4.69) is 21.4 Å². The Morgan fingerprint density at radius 3 is 2.53 bits per heavy atom. The van der Waals surface area contributed by atoms with Crippen LogP contribution in [0, 0.1) is 0 Å². The number of rotatable bonds is 7. The molecule has 158 valence electrons. The third-order valence-corrected chi connectivity index (χ3v) is 6.32. The fourth-order valence-electron chi connectivity index (χ4n) is 4.67. The van der Waals surface area contributed by atoms with Crippen molar-refractivity contribution in [1.82, 2.24) is 19.5 Å². The zero-order chi connectivity index (χ0) is 20.3. The van der Waals surface area contributed by atoms with Crippen molar-refractivity contribution in [3.8, 4) is 5.75 Å². The Balaban J connectivity index is 1.26. The molecule has 3 heterocycles. The van der Waals surface area contributed by atoms with Gasteiger partial charge in [-0.15, -0.1) is 5.10 Å². The lowest BCUT2D eigenvalue weighted by molar-refractivity contribution is 0.238. The third kappa shape index (κ3) is 4.07. The topological polar surface area (TPSA) is 80.7 Å². The van der Waals surface area contributed by atoms with Gasteiger partial charge in [-0.1, -0.05) is 18.9 Å². The maximum Gasteiger partial charge on any atom is 0.247 e. The van der Waals surface area contributed by atoms with Crippen LogP contribution in [0.15, 0.2) is 36.4 Å². The largest absolute Gasteiger partial charge is 0.492 e. The Hall–Kier alpha value is -2.80. The van der Waals surface area contributed by atoms with Gasteiger partial charge in [0.15, 0.2) is 5.65 Å². The number of pyridine rings is 1. The molecule has 0 unspecified atom stereocenters. The number of benzene rings is 1. The third-order valence-electron chi connectivity index (χ3n) is 6.32. The fourth-order valence-corrected chi connectivity index (χ4v) is 4.67. The van der Waals surface area contributed by atoms with Crippen LogP contribution >= 0.6 is 0 Å². The van der Waals surface area contributed by atoms with E-state index in [-0.39, 0.29) is 0 Å². The van der Waals surface area contributed by atoms with E-state index in [1.807, 2.05) is 30.3 Å². The normalized spacial score (nSPS) is 17.7. The zero-order valence-corrected chi connectivity index (χ0v) is 17.4. The maximum atomic E-state index is 6.15. The van der Waals surface area contributed by atoms with Crippen molar-refractivity contribution in [2.45, 2.75) is 44.4 Å². The van der Waals surface area contributed by atoms with E-state index in [1.54, 1.807) is 4.52 Å². The van der Waals surface area contributed by atoms with E-state index in [9.17, 15) is 0 Å². The molecule has 7 nitrogen and oxygen atoms in total. The van der Waals surface area contributed by atoms with Crippen molar-refractivity contribution >= 4 is 23.1 Å². The first kappa shape index (κ1) is 19.2. The smallest absolute Gasteiger partial charge is 0.247 e. The average Bonchev–Trinajstić information content (AvgIpc) is 3.52. The number of aromatic nitrogens is 3. The minimum Gasteiger partial charge on any atom is -0.492 e. The minimum atomic E-state index is 0.558. The van der Waals surface area contributed by atoms with Crippen LogP contribution in [0.1, 0.15) is 50.0 Å². The van der Waals surface area contributed by atoms with Crippen LogP contribution in [-0.4, -0.2) is 45.7 Å².